The van der Waals surface area contributed by atoms with Crippen molar-refractivity contribution in [1.29, 1.82) is 0 Å². The minimum atomic E-state index is -0.0639. The fourth-order valence-electron chi connectivity index (χ4n) is 3.58. The Kier molecular flexibility index (Phi) is 5.38. The van der Waals surface area contributed by atoms with Gasteiger partial charge in [0, 0.05) is 49.0 Å². The predicted molar refractivity (Wildman–Crippen MR) is 122 cm³/mol. The molecule has 1 aliphatic rings. The highest BCUT2D eigenvalue weighted by atomic mass is 15.3. The molecule has 5 heteroatoms. The van der Waals surface area contributed by atoms with Gasteiger partial charge in [-0.25, -0.2) is 4.98 Å². The molecule has 0 atom stereocenters. The van der Waals surface area contributed by atoms with Crippen LogP contribution >= 0.6 is 0 Å². The number of nitrogens with zero attached hydrogens (tertiary/aromatic N) is 4. The van der Waals surface area contributed by atoms with Gasteiger partial charge < -0.3 is 15.1 Å². The van der Waals surface area contributed by atoms with E-state index in [2.05, 4.69) is 78.4 Å². The van der Waals surface area contributed by atoms with Gasteiger partial charge in [-0.05, 0) is 32.9 Å². The predicted octanol–water partition coefficient (Wildman–Crippen LogP) is 4.68. The zero-order chi connectivity index (χ0) is 20.3. The van der Waals surface area contributed by atoms with Crippen molar-refractivity contribution in [3.63, 3.8) is 0 Å². The molecule has 150 valence electrons. The molecular formula is C24H29N5. The largest absolute Gasteiger partial charge is 0.368 e. The number of hydrogen-bond donors (Lipinski definition) is 1. The van der Waals surface area contributed by atoms with E-state index < -0.39 is 0 Å². The molecule has 0 amide bonds. The van der Waals surface area contributed by atoms with Crippen molar-refractivity contribution in [2.24, 2.45) is 0 Å². The molecular weight excluding hydrogens is 358 g/mol. The molecule has 0 unspecified atom stereocenters. The van der Waals surface area contributed by atoms with Gasteiger partial charge in [-0.1, -0.05) is 48.5 Å². The highest BCUT2D eigenvalue weighted by Crippen LogP contribution is 2.26. The van der Waals surface area contributed by atoms with Gasteiger partial charge >= 0.3 is 0 Å². The third kappa shape index (κ3) is 4.86. The molecule has 1 aliphatic heterocycles. The van der Waals surface area contributed by atoms with Crippen LogP contribution in [0, 0.1) is 0 Å². The lowest BCUT2D eigenvalue weighted by Crippen LogP contribution is -2.47. The second-order valence-corrected chi connectivity index (χ2v) is 8.49. The summed E-state index contributed by atoms with van der Waals surface area (Å²) in [5, 5.41) is 3.52. The molecule has 1 fully saturated rings. The molecule has 2 aromatic carbocycles. The van der Waals surface area contributed by atoms with Crippen LogP contribution < -0.4 is 15.1 Å². The van der Waals surface area contributed by atoms with Crippen LogP contribution in [0.2, 0.25) is 0 Å². The van der Waals surface area contributed by atoms with Crippen LogP contribution in [0.25, 0.3) is 11.3 Å². The summed E-state index contributed by atoms with van der Waals surface area (Å²) < 4.78 is 0. The summed E-state index contributed by atoms with van der Waals surface area (Å²) in [6.07, 6.45) is 0. The van der Waals surface area contributed by atoms with E-state index in [1.54, 1.807) is 0 Å². The number of piperazine rings is 1. The summed E-state index contributed by atoms with van der Waals surface area (Å²) in [6.45, 7) is 10.2. The molecule has 1 N–H and O–H groups in total. The van der Waals surface area contributed by atoms with Crippen LogP contribution in [-0.4, -0.2) is 41.7 Å². The number of benzene rings is 2. The SMILES string of the molecule is CC(C)(C)Nc1cc(-c2ccccc2)nc(N2CCN(c3ccccc3)CC2)n1. The molecule has 0 bridgehead atoms. The van der Waals surface area contributed by atoms with Gasteiger partial charge in [0.25, 0.3) is 0 Å². The first kappa shape index (κ1) is 19.2. The number of hydrogen-bond acceptors (Lipinski definition) is 5. The topological polar surface area (TPSA) is 44.3 Å². The molecule has 0 saturated carbocycles. The van der Waals surface area contributed by atoms with Crippen molar-refractivity contribution in [2.75, 3.05) is 41.3 Å². The van der Waals surface area contributed by atoms with Crippen LogP contribution in [0.3, 0.4) is 0 Å². The summed E-state index contributed by atoms with van der Waals surface area (Å²) in [5.74, 6) is 1.66. The summed E-state index contributed by atoms with van der Waals surface area (Å²) in [7, 11) is 0. The van der Waals surface area contributed by atoms with Crippen LogP contribution in [0.15, 0.2) is 66.7 Å². The van der Waals surface area contributed by atoms with E-state index in [0.717, 1.165) is 49.2 Å². The van der Waals surface area contributed by atoms with Crippen molar-refractivity contribution in [1.82, 2.24) is 9.97 Å². The lowest BCUT2D eigenvalue weighted by molar-refractivity contribution is 0.624. The quantitative estimate of drug-likeness (QED) is 0.704. The molecule has 0 spiro atoms. The molecule has 1 saturated heterocycles. The lowest BCUT2D eigenvalue weighted by Gasteiger charge is -2.36. The maximum atomic E-state index is 4.91. The van der Waals surface area contributed by atoms with Gasteiger partial charge in [-0.3, -0.25) is 0 Å². The summed E-state index contributed by atoms with van der Waals surface area (Å²) >= 11 is 0. The second-order valence-electron chi connectivity index (χ2n) is 8.49. The molecule has 0 radical (unpaired) electrons. The van der Waals surface area contributed by atoms with Crippen molar-refractivity contribution in [3.8, 4) is 11.3 Å². The van der Waals surface area contributed by atoms with Crippen molar-refractivity contribution >= 4 is 17.5 Å². The molecule has 2 heterocycles. The second kappa shape index (κ2) is 8.11. The van der Waals surface area contributed by atoms with Gasteiger partial charge in [0.1, 0.15) is 5.82 Å². The van der Waals surface area contributed by atoms with Gasteiger partial charge in [0.15, 0.2) is 0 Å². The minimum absolute atomic E-state index is 0.0639. The van der Waals surface area contributed by atoms with Crippen molar-refractivity contribution < 1.29 is 0 Å². The number of aromatic nitrogens is 2. The monoisotopic (exact) mass is 387 g/mol. The van der Waals surface area contributed by atoms with E-state index in [1.807, 2.05) is 24.3 Å². The standard InChI is InChI=1S/C24H29N5/c1-24(2,3)27-22-18-21(19-10-6-4-7-11-19)25-23(26-22)29-16-14-28(15-17-29)20-12-8-5-9-13-20/h4-13,18H,14-17H2,1-3H3,(H,25,26,27). The van der Waals surface area contributed by atoms with Gasteiger partial charge in [-0.15, -0.1) is 0 Å². The van der Waals surface area contributed by atoms with Gasteiger partial charge in [0.2, 0.25) is 5.95 Å². The van der Waals surface area contributed by atoms with E-state index in [4.69, 9.17) is 9.97 Å². The average molecular weight is 388 g/mol. The molecule has 3 aromatic rings. The Morgan fingerprint density at radius 1 is 0.759 bits per heavy atom. The van der Waals surface area contributed by atoms with Crippen LogP contribution in [0.1, 0.15) is 20.8 Å². The first-order valence-corrected chi connectivity index (χ1v) is 10.3. The zero-order valence-electron chi connectivity index (χ0n) is 17.5. The fraction of sp³-hybridized carbons (Fsp3) is 0.333. The van der Waals surface area contributed by atoms with E-state index in [-0.39, 0.29) is 5.54 Å². The molecule has 29 heavy (non-hydrogen) atoms. The van der Waals surface area contributed by atoms with Crippen LogP contribution in [-0.2, 0) is 0 Å². The van der Waals surface area contributed by atoms with E-state index in [9.17, 15) is 0 Å². The van der Waals surface area contributed by atoms with Crippen LogP contribution in [0.4, 0.5) is 17.5 Å². The Hall–Kier alpha value is -3.08. The fourth-order valence-corrected chi connectivity index (χ4v) is 3.58. The van der Waals surface area contributed by atoms with Gasteiger partial charge in [0.05, 0.1) is 5.69 Å². The molecule has 1 aromatic heterocycles. The van der Waals surface area contributed by atoms with E-state index >= 15 is 0 Å². The maximum Gasteiger partial charge on any atom is 0.227 e. The Morgan fingerprint density at radius 3 is 1.97 bits per heavy atom. The average Bonchev–Trinajstić information content (AvgIpc) is 2.74. The van der Waals surface area contributed by atoms with Crippen molar-refractivity contribution in [3.05, 3.63) is 66.7 Å². The van der Waals surface area contributed by atoms with E-state index in [1.165, 1.54) is 5.69 Å². The van der Waals surface area contributed by atoms with Crippen LogP contribution in [0.5, 0.6) is 0 Å². The third-order valence-corrected chi connectivity index (χ3v) is 4.97. The maximum absolute atomic E-state index is 4.91. The Morgan fingerprint density at radius 2 is 1.34 bits per heavy atom. The Labute approximate surface area is 173 Å². The highest BCUT2D eigenvalue weighted by Gasteiger charge is 2.21. The van der Waals surface area contributed by atoms with Gasteiger partial charge in [-0.2, -0.15) is 4.98 Å². The lowest BCUT2D eigenvalue weighted by atomic mass is 10.1. The Balaban J connectivity index is 1.59. The number of anilines is 3. The third-order valence-electron chi connectivity index (χ3n) is 4.97. The summed E-state index contributed by atoms with van der Waals surface area (Å²) in [6, 6.07) is 23.0. The summed E-state index contributed by atoms with van der Waals surface area (Å²) in [4.78, 5) is 14.5. The normalized spacial score (nSPS) is 14.7. The minimum Gasteiger partial charge on any atom is -0.368 e. The Bertz CT molecular complexity index is 926. The zero-order valence-corrected chi connectivity index (χ0v) is 17.5. The molecule has 4 rings (SSSR count). The molecule has 0 aliphatic carbocycles. The summed E-state index contributed by atoms with van der Waals surface area (Å²) in [5.41, 5.74) is 3.27. The number of rotatable bonds is 4. The highest BCUT2D eigenvalue weighted by molar-refractivity contribution is 5.65. The number of nitrogens with one attached hydrogen (secondary N) is 1. The van der Waals surface area contributed by atoms with E-state index in [0.29, 0.717) is 0 Å². The smallest absolute Gasteiger partial charge is 0.227 e. The number of para-hydroxylation sites is 1. The first-order chi connectivity index (χ1) is 14.0. The first-order valence-electron chi connectivity index (χ1n) is 10.3. The van der Waals surface area contributed by atoms with Crippen molar-refractivity contribution in [2.45, 2.75) is 26.3 Å². The molecule has 5 nitrogen and oxygen atoms in total.